The van der Waals surface area contributed by atoms with Crippen molar-refractivity contribution in [2.45, 2.75) is 0 Å². The second-order valence-electron chi connectivity index (χ2n) is 15.6. The zero-order valence-electron chi connectivity index (χ0n) is 33.0. The van der Waals surface area contributed by atoms with Crippen molar-refractivity contribution in [3.05, 3.63) is 212 Å². The topological polar surface area (TPSA) is 38.7 Å². The number of aromatic nitrogens is 3. The van der Waals surface area contributed by atoms with Crippen LogP contribution in [-0.2, 0) is 0 Å². The summed E-state index contributed by atoms with van der Waals surface area (Å²) >= 11 is 1.79. The predicted molar refractivity (Wildman–Crippen MR) is 258 cm³/mol. The van der Waals surface area contributed by atoms with Crippen LogP contribution in [0, 0.1) is 0 Å². The first-order chi connectivity index (χ1) is 30.2. The summed E-state index contributed by atoms with van der Waals surface area (Å²) in [7, 11) is 0. The van der Waals surface area contributed by atoms with Gasteiger partial charge in [0, 0.05) is 36.9 Å². The first kappa shape index (κ1) is 35.2. The fourth-order valence-electron chi connectivity index (χ4n) is 8.83. The molecule has 284 valence electrons. The van der Waals surface area contributed by atoms with Crippen LogP contribution in [0.15, 0.2) is 212 Å². The Balaban J connectivity index is 1.01. The van der Waals surface area contributed by atoms with E-state index in [4.69, 9.17) is 15.0 Å². The molecule has 2 heterocycles. The van der Waals surface area contributed by atoms with Gasteiger partial charge in [-0.05, 0) is 96.0 Å². The normalized spacial score (nSPS) is 11.6. The molecule has 0 radical (unpaired) electrons. The van der Waals surface area contributed by atoms with Gasteiger partial charge in [-0.15, -0.1) is 11.3 Å². The molecule has 0 N–H and O–H groups in total. The van der Waals surface area contributed by atoms with Gasteiger partial charge in [-0.25, -0.2) is 15.0 Å². The summed E-state index contributed by atoms with van der Waals surface area (Å²) < 4.78 is 2.42. The lowest BCUT2D eigenvalue weighted by atomic mass is 9.95. The summed E-state index contributed by atoms with van der Waals surface area (Å²) in [4.78, 5) is 15.9. The molecule has 2 aromatic heterocycles. The summed E-state index contributed by atoms with van der Waals surface area (Å²) in [5.41, 5.74) is 9.98. The van der Waals surface area contributed by atoms with Crippen LogP contribution in [0.5, 0.6) is 0 Å². The standard InChI is InChI=1S/C57H35N3S/c1-2-11-36(12-3-1)42-30-23-37-24-31-43(34-45(37)33-42)44-32-27-39-15-9-20-50(52(39)35-44)56-58-55(41-28-25-40(26-29-41)47-18-8-14-38-13-4-5-16-46(38)47)59-57(60-56)51-21-10-19-49-48-17-6-7-22-53(48)61-54(49)51/h1-35H. The van der Waals surface area contributed by atoms with Crippen molar-refractivity contribution in [2.24, 2.45) is 0 Å². The zero-order chi connectivity index (χ0) is 40.3. The van der Waals surface area contributed by atoms with Gasteiger partial charge in [0.1, 0.15) is 0 Å². The average molecular weight is 794 g/mol. The molecule has 0 amide bonds. The molecule has 0 atom stereocenters. The largest absolute Gasteiger partial charge is 0.208 e. The minimum Gasteiger partial charge on any atom is -0.208 e. The number of fused-ring (bicyclic) bond motifs is 6. The third kappa shape index (κ3) is 6.24. The van der Waals surface area contributed by atoms with Crippen molar-refractivity contribution in [3.8, 4) is 67.5 Å². The van der Waals surface area contributed by atoms with Crippen molar-refractivity contribution < 1.29 is 0 Å². The highest BCUT2D eigenvalue weighted by molar-refractivity contribution is 7.26. The monoisotopic (exact) mass is 793 g/mol. The summed E-state index contributed by atoms with van der Waals surface area (Å²) in [6.45, 7) is 0. The molecule has 0 aliphatic carbocycles. The molecule has 0 aliphatic heterocycles. The SMILES string of the molecule is c1ccc(-c2ccc3ccc(-c4ccc5cccc(-c6nc(-c7ccc(-c8cccc9ccccc89)cc7)nc(-c7cccc8c7sc7ccccc78)n6)c5c4)cc3c2)cc1. The molecule has 0 unspecified atom stereocenters. The van der Waals surface area contributed by atoms with Crippen molar-refractivity contribution in [3.63, 3.8) is 0 Å². The molecule has 10 aromatic carbocycles. The predicted octanol–water partition coefficient (Wildman–Crippen LogP) is 15.7. The third-order valence-corrected chi connectivity index (χ3v) is 13.1. The van der Waals surface area contributed by atoms with Crippen LogP contribution in [0.2, 0.25) is 0 Å². The van der Waals surface area contributed by atoms with Gasteiger partial charge in [0.15, 0.2) is 17.5 Å². The Labute approximate surface area is 356 Å². The number of nitrogens with zero attached hydrogens (tertiary/aromatic N) is 3. The van der Waals surface area contributed by atoms with Gasteiger partial charge in [-0.1, -0.05) is 182 Å². The van der Waals surface area contributed by atoms with E-state index < -0.39 is 0 Å². The highest BCUT2D eigenvalue weighted by Crippen LogP contribution is 2.41. The molecular formula is C57H35N3S. The Morgan fingerprint density at radius 3 is 1.59 bits per heavy atom. The zero-order valence-corrected chi connectivity index (χ0v) is 33.8. The maximum Gasteiger partial charge on any atom is 0.165 e. The average Bonchev–Trinajstić information content (AvgIpc) is 3.72. The molecule has 0 bridgehead atoms. The second kappa shape index (κ2) is 14.5. The van der Waals surface area contributed by atoms with E-state index in [1.165, 1.54) is 58.4 Å². The Morgan fingerprint density at radius 1 is 0.262 bits per heavy atom. The molecule has 0 fully saturated rings. The Kier molecular flexibility index (Phi) is 8.36. The fourth-order valence-corrected chi connectivity index (χ4v) is 10.0. The fraction of sp³-hybridized carbons (Fsp3) is 0. The van der Waals surface area contributed by atoms with Gasteiger partial charge in [-0.2, -0.15) is 0 Å². The van der Waals surface area contributed by atoms with E-state index in [1.807, 2.05) is 0 Å². The Bertz CT molecular complexity index is 3640. The number of benzene rings is 10. The molecule has 12 aromatic rings. The Morgan fingerprint density at radius 2 is 0.787 bits per heavy atom. The van der Waals surface area contributed by atoms with E-state index in [0.717, 1.165) is 44.2 Å². The van der Waals surface area contributed by atoms with Gasteiger partial charge in [0.2, 0.25) is 0 Å². The minimum absolute atomic E-state index is 0.638. The first-order valence-electron chi connectivity index (χ1n) is 20.6. The van der Waals surface area contributed by atoms with Crippen LogP contribution in [0.4, 0.5) is 0 Å². The van der Waals surface area contributed by atoms with E-state index in [0.29, 0.717) is 17.5 Å². The smallest absolute Gasteiger partial charge is 0.165 e. The van der Waals surface area contributed by atoms with Gasteiger partial charge in [-0.3, -0.25) is 0 Å². The molecule has 12 rings (SSSR count). The van der Waals surface area contributed by atoms with Gasteiger partial charge in [0.25, 0.3) is 0 Å². The number of hydrogen-bond acceptors (Lipinski definition) is 4. The molecule has 0 aliphatic rings. The molecule has 4 heteroatoms. The lowest BCUT2D eigenvalue weighted by molar-refractivity contribution is 1.08. The highest BCUT2D eigenvalue weighted by atomic mass is 32.1. The molecule has 0 saturated carbocycles. The lowest BCUT2D eigenvalue weighted by Gasteiger charge is -2.13. The molecule has 0 spiro atoms. The summed E-state index contributed by atoms with van der Waals surface area (Å²) in [6, 6.07) is 75.9. The number of thiophene rings is 1. The van der Waals surface area contributed by atoms with Gasteiger partial charge in [0.05, 0.1) is 0 Å². The maximum atomic E-state index is 5.34. The van der Waals surface area contributed by atoms with Crippen LogP contribution >= 0.6 is 11.3 Å². The van der Waals surface area contributed by atoms with Crippen molar-refractivity contribution >= 4 is 63.8 Å². The summed E-state index contributed by atoms with van der Waals surface area (Å²) in [5, 5.41) is 9.55. The molecule has 61 heavy (non-hydrogen) atoms. The van der Waals surface area contributed by atoms with Crippen LogP contribution in [0.3, 0.4) is 0 Å². The lowest BCUT2D eigenvalue weighted by Crippen LogP contribution is -2.01. The molecule has 0 saturated heterocycles. The number of rotatable bonds is 6. The van der Waals surface area contributed by atoms with E-state index in [9.17, 15) is 0 Å². The van der Waals surface area contributed by atoms with E-state index in [2.05, 4.69) is 212 Å². The molecule has 3 nitrogen and oxygen atoms in total. The van der Waals surface area contributed by atoms with Gasteiger partial charge >= 0.3 is 0 Å². The maximum absolute atomic E-state index is 5.34. The van der Waals surface area contributed by atoms with E-state index in [1.54, 1.807) is 11.3 Å². The van der Waals surface area contributed by atoms with Crippen LogP contribution in [0.25, 0.3) is 120 Å². The van der Waals surface area contributed by atoms with Crippen LogP contribution in [0.1, 0.15) is 0 Å². The number of hydrogen-bond donors (Lipinski definition) is 0. The quantitative estimate of drug-likeness (QED) is 0.168. The summed E-state index contributed by atoms with van der Waals surface area (Å²) in [6.07, 6.45) is 0. The van der Waals surface area contributed by atoms with Crippen molar-refractivity contribution in [1.82, 2.24) is 15.0 Å². The van der Waals surface area contributed by atoms with Crippen LogP contribution in [-0.4, -0.2) is 15.0 Å². The van der Waals surface area contributed by atoms with Crippen molar-refractivity contribution in [1.29, 1.82) is 0 Å². The highest BCUT2D eigenvalue weighted by Gasteiger charge is 2.18. The minimum atomic E-state index is 0.638. The second-order valence-corrected chi connectivity index (χ2v) is 16.6. The van der Waals surface area contributed by atoms with Gasteiger partial charge < -0.3 is 0 Å². The van der Waals surface area contributed by atoms with Crippen LogP contribution < -0.4 is 0 Å². The first-order valence-corrected chi connectivity index (χ1v) is 21.4. The Hall–Kier alpha value is -7.79. The molecular weight excluding hydrogens is 759 g/mol. The van der Waals surface area contributed by atoms with E-state index in [-0.39, 0.29) is 0 Å². The summed E-state index contributed by atoms with van der Waals surface area (Å²) in [5.74, 6) is 1.94. The van der Waals surface area contributed by atoms with E-state index >= 15 is 0 Å². The third-order valence-electron chi connectivity index (χ3n) is 11.9. The van der Waals surface area contributed by atoms with Crippen molar-refractivity contribution in [2.75, 3.05) is 0 Å².